The van der Waals surface area contributed by atoms with E-state index in [9.17, 15) is 4.79 Å². The van der Waals surface area contributed by atoms with Crippen molar-refractivity contribution in [1.82, 2.24) is 9.78 Å². The number of carbonyl (C=O) groups is 1. The zero-order valence-corrected chi connectivity index (χ0v) is 12.0. The van der Waals surface area contributed by atoms with Crippen molar-refractivity contribution in [3.05, 3.63) is 48.3 Å². The first-order chi connectivity index (χ1) is 10.2. The minimum absolute atomic E-state index is 0.0455. The zero-order valence-electron chi connectivity index (χ0n) is 12.0. The maximum Gasteiger partial charge on any atom is 0.231 e. The number of nitrogens with one attached hydrogen (secondary N) is 1. The first kappa shape index (κ1) is 13.8. The molecular weight excluding hydrogens is 264 g/mol. The summed E-state index contributed by atoms with van der Waals surface area (Å²) >= 11 is 0. The number of nitrogens with zero attached hydrogens (tertiary/aromatic N) is 2. The molecule has 5 heteroatoms. The Labute approximate surface area is 124 Å². The number of amides is 1. The molecule has 0 unspecified atom stereocenters. The first-order valence-electron chi connectivity index (χ1n) is 7.30. The molecular formula is C16H20N4O. The highest BCUT2D eigenvalue weighted by atomic mass is 16.2. The molecule has 0 bridgehead atoms. The van der Waals surface area contributed by atoms with Crippen LogP contribution >= 0.6 is 0 Å². The molecule has 0 saturated heterocycles. The van der Waals surface area contributed by atoms with Crippen molar-refractivity contribution < 1.29 is 4.79 Å². The normalized spacial score (nSPS) is 16.2. The van der Waals surface area contributed by atoms with Gasteiger partial charge in [-0.1, -0.05) is 24.6 Å². The Kier molecular flexibility index (Phi) is 3.75. The Bertz CT molecular complexity index is 611. The lowest BCUT2D eigenvalue weighted by atomic mass is 9.68. The summed E-state index contributed by atoms with van der Waals surface area (Å²) in [7, 11) is 0. The molecule has 1 fully saturated rings. The fourth-order valence-electron chi connectivity index (χ4n) is 2.73. The van der Waals surface area contributed by atoms with Crippen LogP contribution in [0.3, 0.4) is 0 Å². The summed E-state index contributed by atoms with van der Waals surface area (Å²) in [4.78, 5) is 12.5. The molecule has 3 N–H and O–H groups in total. The Morgan fingerprint density at radius 3 is 2.76 bits per heavy atom. The van der Waals surface area contributed by atoms with E-state index in [4.69, 9.17) is 5.73 Å². The third kappa shape index (κ3) is 2.69. The SMILES string of the molecule is NCC1(C(=O)Nc2ccccc2Cn2cccn2)CCC1. The molecule has 1 amide bonds. The minimum Gasteiger partial charge on any atom is -0.329 e. The van der Waals surface area contributed by atoms with E-state index in [-0.39, 0.29) is 11.3 Å². The average molecular weight is 284 g/mol. The first-order valence-corrected chi connectivity index (χ1v) is 7.30. The van der Waals surface area contributed by atoms with Crippen molar-refractivity contribution in [3.8, 4) is 0 Å². The summed E-state index contributed by atoms with van der Waals surface area (Å²) in [5, 5.41) is 7.26. The molecule has 2 aromatic rings. The number of carbonyl (C=O) groups excluding carboxylic acids is 1. The summed E-state index contributed by atoms with van der Waals surface area (Å²) in [6.45, 7) is 1.05. The van der Waals surface area contributed by atoms with Crippen LogP contribution in [0.1, 0.15) is 24.8 Å². The van der Waals surface area contributed by atoms with Gasteiger partial charge in [0.1, 0.15) is 0 Å². The van der Waals surface area contributed by atoms with E-state index in [1.807, 2.05) is 41.2 Å². The maximum absolute atomic E-state index is 12.5. The van der Waals surface area contributed by atoms with Crippen LogP contribution in [-0.4, -0.2) is 22.2 Å². The number of para-hydroxylation sites is 1. The van der Waals surface area contributed by atoms with E-state index in [1.165, 1.54) is 0 Å². The number of hydrogen-bond donors (Lipinski definition) is 2. The standard InChI is InChI=1S/C16H20N4O/c17-12-16(7-3-8-16)15(21)19-14-6-2-1-5-13(14)11-20-10-4-9-18-20/h1-2,4-6,9-10H,3,7-8,11-12,17H2,(H,19,21). The van der Waals surface area contributed by atoms with Gasteiger partial charge in [-0.2, -0.15) is 5.10 Å². The molecule has 1 heterocycles. The highest BCUT2D eigenvalue weighted by molar-refractivity contribution is 5.96. The molecule has 1 aromatic heterocycles. The summed E-state index contributed by atoms with van der Waals surface area (Å²) in [6, 6.07) is 9.72. The number of nitrogens with two attached hydrogens (primary N) is 1. The van der Waals surface area contributed by atoms with E-state index >= 15 is 0 Å². The average Bonchev–Trinajstić information content (AvgIpc) is 2.93. The predicted octanol–water partition coefficient (Wildman–Crippen LogP) is 2.00. The Morgan fingerprint density at radius 2 is 2.14 bits per heavy atom. The quantitative estimate of drug-likeness (QED) is 0.882. The van der Waals surface area contributed by atoms with Crippen LogP contribution in [0.2, 0.25) is 0 Å². The molecule has 0 aliphatic heterocycles. The summed E-state index contributed by atoms with van der Waals surface area (Å²) in [5.74, 6) is 0.0455. The van der Waals surface area contributed by atoms with Gasteiger partial charge < -0.3 is 11.1 Å². The van der Waals surface area contributed by atoms with Crippen molar-refractivity contribution in [2.45, 2.75) is 25.8 Å². The van der Waals surface area contributed by atoms with E-state index in [0.29, 0.717) is 13.1 Å². The zero-order chi connectivity index (χ0) is 14.7. The van der Waals surface area contributed by atoms with Crippen LogP contribution in [0.5, 0.6) is 0 Å². The molecule has 21 heavy (non-hydrogen) atoms. The van der Waals surface area contributed by atoms with Crippen molar-refractivity contribution in [1.29, 1.82) is 0 Å². The van der Waals surface area contributed by atoms with Gasteiger partial charge in [-0.25, -0.2) is 0 Å². The number of aromatic nitrogens is 2. The molecule has 1 aromatic carbocycles. The number of rotatable bonds is 5. The van der Waals surface area contributed by atoms with Crippen LogP contribution in [0.15, 0.2) is 42.7 Å². The lowest BCUT2D eigenvalue weighted by molar-refractivity contribution is -0.129. The highest BCUT2D eigenvalue weighted by Crippen LogP contribution is 2.41. The van der Waals surface area contributed by atoms with Crippen LogP contribution in [0, 0.1) is 5.41 Å². The van der Waals surface area contributed by atoms with E-state index in [2.05, 4.69) is 10.4 Å². The van der Waals surface area contributed by atoms with Gasteiger partial charge in [0.05, 0.1) is 12.0 Å². The van der Waals surface area contributed by atoms with Gasteiger partial charge in [-0.15, -0.1) is 0 Å². The second kappa shape index (κ2) is 5.69. The molecule has 1 aliphatic carbocycles. The molecule has 5 nitrogen and oxygen atoms in total. The molecule has 3 rings (SSSR count). The molecule has 0 spiro atoms. The maximum atomic E-state index is 12.5. The van der Waals surface area contributed by atoms with Gasteiger partial charge in [0.25, 0.3) is 0 Å². The smallest absolute Gasteiger partial charge is 0.231 e. The topological polar surface area (TPSA) is 72.9 Å². The second-order valence-corrected chi connectivity index (χ2v) is 5.65. The van der Waals surface area contributed by atoms with Gasteiger partial charge in [-0.3, -0.25) is 9.48 Å². The summed E-state index contributed by atoms with van der Waals surface area (Å²) in [5.41, 5.74) is 7.32. The van der Waals surface area contributed by atoms with Crippen molar-refractivity contribution in [2.24, 2.45) is 11.1 Å². The largest absolute Gasteiger partial charge is 0.329 e. The minimum atomic E-state index is -0.362. The van der Waals surface area contributed by atoms with E-state index in [0.717, 1.165) is 30.5 Å². The van der Waals surface area contributed by atoms with Crippen molar-refractivity contribution in [2.75, 3.05) is 11.9 Å². The van der Waals surface area contributed by atoms with Gasteiger partial charge in [0.2, 0.25) is 5.91 Å². The van der Waals surface area contributed by atoms with E-state index in [1.54, 1.807) is 6.20 Å². The van der Waals surface area contributed by atoms with Crippen LogP contribution in [0.25, 0.3) is 0 Å². The van der Waals surface area contributed by atoms with Crippen LogP contribution in [-0.2, 0) is 11.3 Å². The Hall–Kier alpha value is -2.14. The lowest BCUT2D eigenvalue weighted by Crippen LogP contribution is -2.47. The van der Waals surface area contributed by atoms with Gasteiger partial charge in [-0.05, 0) is 30.5 Å². The van der Waals surface area contributed by atoms with Gasteiger partial charge >= 0.3 is 0 Å². The molecule has 1 aliphatic rings. The van der Waals surface area contributed by atoms with E-state index < -0.39 is 0 Å². The highest BCUT2D eigenvalue weighted by Gasteiger charge is 2.42. The monoisotopic (exact) mass is 284 g/mol. The van der Waals surface area contributed by atoms with Crippen molar-refractivity contribution >= 4 is 11.6 Å². The Morgan fingerprint density at radius 1 is 1.33 bits per heavy atom. The van der Waals surface area contributed by atoms with Gasteiger partial charge in [0.15, 0.2) is 0 Å². The summed E-state index contributed by atoms with van der Waals surface area (Å²) < 4.78 is 1.84. The van der Waals surface area contributed by atoms with Gasteiger partial charge in [0, 0.05) is 24.6 Å². The summed E-state index contributed by atoms with van der Waals surface area (Å²) in [6.07, 6.45) is 6.51. The molecule has 1 saturated carbocycles. The molecule has 0 radical (unpaired) electrons. The number of benzene rings is 1. The lowest BCUT2D eigenvalue weighted by Gasteiger charge is -2.39. The fourth-order valence-corrected chi connectivity index (χ4v) is 2.73. The third-order valence-electron chi connectivity index (χ3n) is 4.34. The Balaban J connectivity index is 1.77. The number of hydrogen-bond acceptors (Lipinski definition) is 3. The second-order valence-electron chi connectivity index (χ2n) is 5.65. The molecule has 110 valence electrons. The number of anilines is 1. The van der Waals surface area contributed by atoms with Crippen LogP contribution in [0.4, 0.5) is 5.69 Å². The van der Waals surface area contributed by atoms with Crippen molar-refractivity contribution in [3.63, 3.8) is 0 Å². The predicted molar refractivity (Wildman–Crippen MR) is 81.7 cm³/mol. The molecule has 0 atom stereocenters. The third-order valence-corrected chi connectivity index (χ3v) is 4.34. The fraction of sp³-hybridized carbons (Fsp3) is 0.375. The van der Waals surface area contributed by atoms with Crippen LogP contribution < -0.4 is 11.1 Å².